The van der Waals surface area contributed by atoms with Crippen LogP contribution in [0.4, 0.5) is 0 Å². The van der Waals surface area contributed by atoms with Gasteiger partial charge in [-0.05, 0) is 30.4 Å². The molecule has 9 heteroatoms. The Balaban J connectivity index is 1.73. The van der Waals surface area contributed by atoms with E-state index in [-0.39, 0.29) is 36.6 Å². The van der Waals surface area contributed by atoms with E-state index in [0.29, 0.717) is 0 Å². The number of likely N-dealkylation sites (tertiary alicyclic amines) is 1. The average Bonchev–Trinajstić information content (AvgIpc) is 3.36. The van der Waals surface area contributed by atoms with Gasteiger partial charge in [0.1, 0.15) is 12.1 Å². The number of aryl methyl sites for hydroxylation is 1. The second kappa shape index (κ2) is 10.0. The number of hydrogen-bond donors (Lipinski definition) is 2. The van der Waals surface area contributed by atoms with Crippen LogP contribution in [0, 0.1) is 12.3 Å². The molecule has 8 nitrogen and oxygen atoms in total. The van der Waals surface area contributed by atoms with E-state index in [0.717, 1.165) is 21.7 Å². The summed E-state index contributed by atoms with van der Waals surface area (Å²) in [5.41, 5.74) is 4.18. The fraction of sp³-hybridized carbons (Fsp3) is 0.480. The molecule has 0 radical (unpaired) electrons. The number of aromatic nitrogens is 1. The molecule has 2 aromatic rings. The van der Waals surface area contributed by atoms with Crippen LogP contribution in [0.25, 0.3) is 10.4 Å². The molecular formula is C25H32N4O4S. The fourth-order valence-electron chi connectivity index (χ4n) is 4.07. The summed E-state index contributed by atoms with van der Waals surface area (Å²) < 4.78 is 0. The number of carbonyl (C=O) groups excluding carboxylic acids is 4. The number of nitrogens with zero attached hydrogens (tertiary/aromatic N) is 2. The first kappa shape index (κ1) is 25.6. The summed E-state index contributed by atoms with van der Waals surface area (Å²) in [6.07, 6.45) is -0.0369. The largest absolute Gasteiger partial charge is 0.348 e. The number of hydrogen-bond acceptors (Lipinski definition) is 6. The predicted molar refractivity (Wildman–Crippen MR) is 131 cm³/mol. The molecule has 1 aliphatic heterocycles. The van der Waals surface area contributed by atoms with Crippen molar-refractivity contribution in [3.05, 3.63) is 41.0 Å². The Morgan fingerprint density at radius 2 is 1.79 bits per heavy atom. The van der Waals surface area contributed by atoms with Crippen LogP contribution in [0.5, 0.6) is 0 Å². The molecule has 0 aliphatic carbocycles. The second-order valence-corrected chi connectivity index (χ2v) is 10.7. The molecule has 1 fully saturated rings. The first-order valence-electron chi connectivity index (χ1n) is 11.3. The minimum Gasteiger partial charge on any atom is -0.348 e. The smallest absolute Gasteiger partial charge is 0.246 e. The lowest BCUT2D eigenvalue weighted by atomic mass is 9.85. The van der Waals surface area contributed by atoms with Crippen LogP contribution in [0.15, 0.2) is 29.8 Å². The summed E-state index contributed by atoms with van der Waals surface area (Å²) in [7, 11) is 0. The van der Waals surface area contributed by atoms with Crippen LogP contribution in [0.1, 0.15) is 58.3 Å². The number of rotatable bonds is 6. The molecule has 2 N–H and O–H groups in total. The number of benzene rings is 1. The molecule has 1 aliphatic rings. The summed E-state index contributed by atoms with van der Waals surface area (Å²) in [5, 5.41) is 5.63. The molecule has 2 heterocycles. The van der Waals surface area contributed by atoms with Crippen molar-refractivity contribution >= 4 is 34.8 Å². The summed E-state index contributed by atoms with van der Waals surface area (Å²) in [6, 6.07) is 5.84. The Bertz CT molecular complexity index is 1090. The molecule has 1 saturated heterocycles. The number of carbonyl (C=O) groups is 4. The zero-order valence-electron chi connectivity index (χ0n) is 20.5. The summed E-state index contributed by atoms with van der Waals surface area (Å²) in [5.74, 6) is -1.33. The Hall–Kier alpha value is -3.07. The summed E-state index contributed by atoms with van der Waals surface area (Å²) >= 11 is 1.58. The van der Waals surface area contributed by atoms with Crippen LogP contribution in [0.2, 0.25) is 0 Å². The van der Waals surface area contributed by atoms with E-state index in [4.69, 9.17) is 0 Å². The van der Waals surface area contributed by atoms with Gasteiger partial charge in [0, 0.05) is 13.3 Å². The van der Waals surface area contributed by atoms with Crippen molar-refractivity contribution in [2.45, 2.75) is 66.1 Å². The maximum Gasteiger partial charge on any atom is 0.246 e. The molecule has 182 valence electrons. The topological polar surface area (TPSA) is 108 Å². The minimum atomic E-state index is -0.903. The van der Waals surface area contributed by atoms with Crippen LogP contribution >= 0.6 is 11.3 Å². The van der Waals surface area contributed by atoms with Crippen molar-refractivity contribution < 1.29 is 19.2 Å². The van der Waals surface area contributed by atoms with Gasteiger partial charge in [-0.1, -0.05) is 45.0 Å². The first-order chi connectivity index (χ1) is 15.9. The van der Waals surface area contributed by atoms with Gasteiger partial charge in [0.15, 0.2) is 5.78 Å². The van der Waals surface area contributed by atoms with Gasteiger partial charge in [-0.25, -0.2) is 4.98 Å². The quantitative estimate of drug-likeness (QED) is 0.655. The van der Waals surface area contributed by atoms with Crippen LogP contribution in [0.3, 0.4) is 0 Å². The molecule has 3 amide bonds. The molecule has 1 aromatic carbocycles. The average molecular weight is 485 g/mol. The molecule has 3 rings (SSSR count). The van der Waals surface area contributed by atoms with Crippen LogP contribution < -0.4 is 10.6 Å². The molecular weight excluding hydrogens is 452 g/mol. The van der Waals surface area contributed by atoms with Crippen molar-refractivity contribution in [3.63, 3.8) is 0 Å². The van der Waals surface area contributed by atoms with Gasteiger partial charge in [-0.15, -0.1) is 11.3 Å². The Labute approximate surface area is 204 Å². The van der Waals surface area contributed by atoms with E-state index < -0.39 is 23.4 Å². The highest BCUT2D eigenvalue weighted by molar-refractivity contribution is 7.13. The van der Waals surface area contributed by atoms with E-state index in [1.807, 2.05) is 64.4 Å². The van der Waals surface area contributed by atoms with Crippen molar-refractivity contribution in [1.29, 1.82) is 0 Å². The van der Waals surface area contributed by atoms with E-state index in [1.54, 1.807) is 11.3 Å². The highest BCUT2D eigenvalue weighted by Crippen LogP contribution is 2.29. The second-order valence-electron chi connectivity index (χ2n) is 9.84. The molecule has 3 atom stereocenters. The van der Waals surface area contributed by atoms with Gasteiger partial charge in [-0.3, -0.25) is 19.2 Å². The predicted octanol–water partition coefficient (Wildman–Crippen LogP) is 3.02. The van der Waals surface area contributed by atoms with Gasteiger partial charge in [0.2, 0.25) is 17.7 Å². The van der Waals surface area contributed by atoms with Gasteiger partial charge in [-0.2, -0.15) is 0 Å². The Kier molecular flexibility index (Phi) is 7.55. The Morgan fingerprint density at radius 1 is 1.15 bits per heavy atom. The van der Waals surface area contributed by atoms with E-state index in [1.165, 1.54) is 11.8 Å². The maximum absolute atomic E-state index is 13.3. The third kappa shape index (κ3) is 5.70. The van der Waals surface area contributed by atoms with Crippen molar-refractivity contribution in [1.82, 2.24) is 20.5 Å². The van der Waals surface area contributed by atoms with Crippen LogP contribution in [-0.2, 0) is 19.2 Å². The number of ketones is 1. The molecule has 34 heavy (non-hydrogen) atoms. The van der Waals surface area contributed by atoms with Gasteiger partial charge in [0.25, 0.3) is 0 Å². The SMILES string of the molecule is CC(=O)NC(C(=O)N1CC(=O)CC1C(=O)NC(C)c1ccc(-c2scnc2C)cc1)C(C)(C)C. The van der Waals surface area contributed by atoms with Crippen molar-refractivity contribution in [3.8, 4) is 10.4 Å². The molecule has 0 bridgehead atoms. The zero-order valence-corrected chi connectivity index (χ0v) is 21.3. The molecule has 1 aromatic heterocycles. The number of nitrogens with one attached hydrogen (secondary N) is 2. The number of Topliss-reactive ketones (excluding diaryl/α,β-unsaturated/α-hetero) is 1. The van der Waals surface area contributed by atoms with Gasteiger partial charge in [0.05, 0.1) is 28.7 Å². The third-order valence-electron chi connectivity index (χ3n) is 5.97. The number of thiazole rings is 1. The van der Waals surface area contributed by atoms with E-state index in [9.17, 15) is 19.2 Å². The van der Waals surface area contributed by atoms with Gasteiger partial charge < -0.3 is 15.5 Å². The Morgan fingerprint density at radius 3 is 2.32 bits per heavy atom. The normalized spacial score (nSPS) is 17.9. The monoisotopic (exact) mass is 484 g/mol. The summed E-state index contributed by atoms with van der Waals surface area (Å²) in [4.78, 5) is 57.0. The zero-order chi connectivity index (χ0) is 25.2. The third-order valence-corrected chi connectivity index (χ3v) is 6.95. The molecule has 0 saturated carbocycles. The van der Waals surface area contributed by atoms with Crippen LogP contribution in [-0.4, -0.2) is 52.0 Å². The molecule has 3 unspecified atom stereocenters. The van der Waals surface area contributed by atoms with Crippen molar-refractivity contribution in [2.75, 3.05) is 6.54 Å². The van der Waals surface area contributed by atoms with E-state index in [2.05, 4.69) is 15.6 Å². The summed E-state index contributed by atoms with van der Waals surface area (Å²) in [6.45, 7) is 10.5. The van der Waals surface area contributed by atoms with E-state index >= 15 is 0 Å². The lowest BCUT2D eigenvalue weighted by Crippen LogP contribution is -2.57. The lowest BCUT2D eigenvalue weighted by molar-refractivity contribution is -0.144. The molecule has 0 spiro atoms. The fourth-order valence-corrected chi connectivity index (χ4v) is 4.88. The van der Waals surface area contributed by atoms with Gasteiger partial charge >= 0.3 is 0 Å². The highest BCUT2D eigenvalue weighted by atomic mass is 32.1. The minimum absolute atomic E-state index is 0.0369. The lowest BCUT2D eigenvalue weighted by Gasteiger charge is -2.35. The first-order valence-corrected chi connectivity index (χ1v) is 12.2. The standard InChI is InChI=1S/C25H32N4O4S/c1-14(17-7-9-18(10-8-17)21-15(2)26-13-34-21)27-23(32)20-11-19(31)12-29(20)24(33)22(25(4,5)6)28-16(3)30/h7-10,13-14,20,22H,11-12H2,1-6H3,(H,27,32)(H,28,30). The van der Waals surface area contributed by atoms with Crippen molar-refractivity contribution in [2.24, 2.45) is 5.41 Å². The maximum atomic E-state index is 13.3. The highest BCUT2D eigenvalue weighted by Gasteiger charge is 2.44. The number of amides is 3.